The van der Waals surface area contributed by atoms with Gasteiger partial charge in [-0.1, -0.05) is 37.6 Å². The van der Waals surface area contributed by atoms with E-state index in [0.29, 0.717) is 5.92 Å². The predicted molar refractivity (Wildman–Crippen MR) is 76.2 cm³/mol. The van der Waals surface area contributed by atoms with E-state index < -0.39 is 0 Å². The molecule has 0 saturated carbocycles. The maximum Gasteiger partial charge on any atom is 0.133 e. The highest BCUT2D eigenvalue weighted by molar-refractivity contribution is 6.02. The maximum absolute atomic E-state index is 4.78. The molecule has 1 aromatic rings. The van der Waals surface area contributed by atoms with Crippen molar-refractivity contribution in [3.8, 4) is 0 Å². The second kappa shape index (κ2) is 4.81. The first-order chi connectivity index (χ1) is 8.88. The molecule has 3 rings (SSSR count). The number of amidine groups is 1. The molecule has 0 aliphatic carbocycles. The van der Waals surface area contributed by atoms with Crippen molar-refractivity contribution in [3.05, 3.63) is 53.8 Å². The highest BCUT2D eigenvalue weighted by atomic mass is 15.0. The summed E-state index contributed by atoms with van der Waals surface area (Å²) < 4.78 is 0. The van der Waals surface area contributed by atoms with Crippen LogP contribution in [0.4, 0.5) is 5.69 Å². The summed E-state index contributed by atoms with van der Waals surface area (Å²) >= 11 is 0. The minimum Gasteiger partial charge on any atom is -0.346 e. The highest BCUT2D eigenvalue weighted by Gasteiger charge is 2.22. The van der Waals surface area contributed by atoms with Crippen LogP contribution in [0.1, 0.15) is 37.7 Å². The van der Waals surface area contributed by atoms with E-state index in [1.54, 1.807) is 0 Å². The van der Waals surface area contributed by atoms with Gasteiger partial charge in [0.1, 0.15) is 5.84 Å². The topological polar surface area (TPSA) is 24.4 Å². The van der Waals surface area contributed by atoms with Gasteiger partial charge in [-0.05, 0) is 42.0 Å². The van der Waals surface area contributed by atoms with Gasteiger partial charge in [0.15, 0.2) is 0 Å². The minimum absolute atomic E-state index is 0.590. The Balaban J connectivity index is 2.07. The van der Waals surface area contributed by atoms with Crippen molar-refractivity contribution in [2.45, 2.75) is 32.1 Å². The lowest BCUT2D eigenvalue weighted by Gasteiger charge is -2.17. The molecule has 2 aliphatic heterocycles. The number of hydrogen-bond donors (Lipinski definition) is 1. The van der Waals surface area contributed by atoms with Crippen molar-refractivity contribution < 1.29 is 0 Å². The maximum atomic E-state index is 4.78. The quantitative estimate of drug-likeness (QED) is 0.826. The van der Waals surface area contributed by atoms with Gasteiger partial charge in [0, 0.05) is 6.20 Å². The smallest absolute Gasteiger partial charge is 0.133 e. The van der Waals surface area contributed by atoms with Crippen LogP contribution in [0.25, 0.3) is 0 Å². The van der Waals surface area contributed by atoms with Crippen molar-refractivity contribution in [1.82, 2.24) is 5.32 Å². The van der Waals surface area contributed by atoms with Crippen LogP contribution in [0.2, 0.25) is 0 Å². The molecule has 1 atom stereocenters. The van der Waals surface area contributed by atoms with E-state index in [9.17, 15) is 0 Å². The molecule has 0 aromatic heterocycles. The van der Waals surface area contributed by atoms with E-state index in [2.05, 4.69) is 48.7 Å². The Morgan fingerprint density at radius 3 is 3.11 bits per heavy atom. The molecular weight excluding hydrogens is 220 g/mol. The number of para-hydroxylation sites is 1. The monoisotopic (exact) mass is 238 g/mol. The van der Waals surface area contributed by atoms with Crippen LogP contribution >= 0.6 is 0 Å². The summed E-state index contributed by atoms with van der Waals surface area (Å²) in [5.41, 5.74) is 3.84. The van der Waals surface area contributed by atoms with E-state index in [0.717, 1.165) is 17.9 Å². The van der Waals surface area contributed by atoms with Gasteiger partial charge >= 0.3 is 0 Å². The number of benzene rings is 1. The molecule has 92 valence electrons. The van der Waals surface area contributed by atoms with Crippen LogP contribution in [0.3, 0.4) is 0 Å². The minimum atomic E-state index is 0.590. The van der Waals surface area contributed by atoms with Crippen LogP contribution in [0.15, 0.2) is 53.2 Å². The number of dihydropyridines is 1. The first kappa shape index (κ1) is 11.3. The van der Waals surface area contributed by atoms with Crippen molar-refractivity contribution in [1.29, 1.82) is 0 Å². The van der Waals surface area contributed by atoms with Crippen LogP contribution in [-0.4, -0.2) is 5.84 Å². The summed E-state index contributed by atoms with van der Waals surface area (Å²) in [6.45, 7) is 2.25. The Bertz CT molecular complexity index is 538. The number of aliphatic imine (C=N–C) groups is 1. The molecule has 2 heteroatoms. The molecule has 0 amide bonds. The Morgan fingerprint density at radius 2 is 2.22 bits per heavy atom. The summed E-state index contributed by atoms with van der Waals surface area (Å²) in [4.78, 5) is 4.78. The standard InChI is InChI=1S/C16H18N2/c1-2-6-12-11-13-7-5-10-17-16(13)18-15-9-4-3-8-14(12)15/h3-5,7-10,12H,2,6,11H2,1H3,(H,17,18). The van der Waals surface area contributed by atoms with E-state index >= 15 is 0 Å². The molecule has 1 unspecified atom stereocenters. The molecule has 2 nitrogen and oxygen atoms in total. The van der Waals surface area contributed by atoms with Crippen molar-refractivity contribution >= 4 is 11.5 Å². The fourth-order valence-electron chi connectivity index (χ4n) is 2.77. The Labute approximate surface area is 108 Å². The Morgan fingerprint density at radius 1 is 1.33 bits per heavy atom. The number of fused-ring (bicyclic) bond motifs is 2. The molecule has 0 spiro atoms. The van der Waals surface area contributed by atoms with Crippen molar-refractivity contribution in [2.24, 2.45) is 4.99 Å². The summed E-state index contributed by atoms with van der Waals surface area (Å²) in [6.07, 6.45) is 9.72. The zero-order valence-electron chi connectivity index (χ0n) is 10.7. The number of nitrogens with zero attached hydrogens (tertiary/aromatic N) is 1. The second-order valence-corrected chi connectivity index (χ2v) is 4.90. The second-order valence-electron chi connectivity index (χ2n) is 4.90. The molecular formula is C16H18N2. The molecule has 18 heavy (non-hydrogen) atoms. The van der Waals surface area contributed by atoms with Crippen molar-refractivity contribution in [2.75, 3.05) is 0 Å². The lowest BCUT2D eigenvalue weighted by molar-refractivity contribution is 0.617. The first-order valence-corrected chi connectivity index (χ1v) is 6.68. The highest BCUT2D eigenvalue weighted by Crippen LogP contribution is 2.38. The van der Waals surface area contributed by atoms with Gasteiger partial charge in [-0.15, -0.1) is 0 Å². The molecule has 2 aliphatic rings. The van der Waals surface area contributed by atoms with Gasteiger partial charge in [0.25, 0.3) is 0 Å². The van der Waals surface area contributed by atoms with E-state index in [-0.39, 0.29) is 0 Å². The zero-order valence-corrected chi connectivity index (χ0v) is 10.7. The summed E-state index contributed by atoms with van der Waals surface area (Å²) in [6, 6.07) is 8.54. The lowest BCUT2D eigenvalue weighted by atomic mass is 9.87. The third kappa shape index (κ3) is 1.99. The summed E-state index contributed by atoms with van der Waals surface area (Å²) in [5.74, 6) is 1.61. The van der Waals surface area contributed by atoms with Crippen LogP contribution in [0.5, 0.6) is 0 Å². The number of hydrogen-bond acceptors (Lipinski definition) is 2. The molecule has 2 heterocycles. The van der Waals surface area contributed by atoms with Crippen molar-refractivity contribution in [3.63, 3.8) is 0 Å². The van der Waals surface area contributed by atoms with E-state index in [1.165, 1.54) is 24.0 Å². The number of rotatable bonds is 2. The molecule has 0 radical (unpaired) electrons. The molecule has 0 fully saturated rings. The molecule has 0 bridgehead atoms. The normalized spacial score (nSPS) is 21.1. The fourth-order valence-corrected chi connectivity index (χ4v) is 2.77. The fraction of sp³-hybridized carbons (Fsp3) is 0.312. The van der Waals surface area contributed by atoms with E-state index in [4.69, 9.17) is 4.99 Å². The average Bonchev–Trinajstić information content (AvgIpc) is 2.56. The SMILES string of the molecule is CCCC1CC2=CC=CNC2=Nc2ccccc21. The van der Waals surface area contributed by atoms with Gasteiger partial charge in [-0.3, -0.25) is 0 Å². The number of nitrogens with one attached hydrogen (secondary N) is 1. The largest absolute Gasteiger partial charge is 0.346 e. The summed E-state index contributed by atoms with van der Waals surface area (Å²) in [5, 5.41) is 3.27. The zero-order chi connectivity index (χ0) is 12.4. The third-order valence-electron chi connectivity index (χ3n) is 3.63. The van der Waals surface area contributed by atoms with Gasteiger partial charge in [0.2, 0.25) is 0 Å². The lowest BCUT2D eigenvalue weighted by Crippen LogP contribution is -2.22. The first-order valence-electron chi connectivity index (χ1n) is 6.68. The predicted octanol–water partition coefficient (Wildman–Crippen LogP) is 4.05. The third-order valence-corrected chi connectivity index (χ3v) is 3.63. The van der Waals surface area contributed by atoms with Gasteiger partial charge in [0.05, 0.1) is 5.69 Å². The van der Waals surface area contributed by atoms with E-state index in [1.807, 2.05) is 6.20 Å². The Kier molecular flexibility index (Phi) is 3.01. The Hall–Kier alpha value is -1.83. The molecule has 1 N–H and O–H groups in total. The van der Waals surface area contributed by atoms with Gasteiger partial charge < -0.3 is 5.32 Å². The summed E-state index contributed by atoms with van der Waals surface area (Å²) in [7, 11) is 0. The number of allylic oxidation sites excluding steroid dienone is 2. The van der Waals surface area contributed by atoms with Gasteiger partial charge in [-0.2, -0.15) is 0 Å². The van der Waals surface area contributed by atoms with Crippen LogP contribution in [-0.2, 0) is 0 Å². The molecule has 0 saturated heterocycles. The van der Waals surface area contributed by atoms with Gasteiger partial charge in [-0.25, -0.2) is 4.99 Å². The average molecular weight is 238 g/mol. The van der Waals surface area contributed by atoms with Crippen LogP contribution in [0, 0.1) is 0 Å². The van der Waals surface area contributed by atoms with Crippen LogP contribution < -0.4 is 5.32 Å². The molecule has 1 aromatic carbocycles.